The van der Waals surface area contributed by atoms with Crippen molar-refractivity contribution < 1.29 is 9.53 Å². The molecule has 1 aromatic carbocycles. The van der Waals surface area contributed by atoms with Crippen molar-refractivity contribution in [1.82, 2.24) is 9.80 Å². The van der Waals surface area contributed by atoms with Crippen molar-refractivity contribution in [2.45, 2.75) is 25.4 Å². The molecule has 0 aromatic heterocycles. The first-order valence-corrected chi connectivity index (χ1v) is 6.90. The van der Waals surface area contributed by atoms with Crippen molar-refractivity contribution in [1.29, 1.82) is 0 Å². The Balaban J connectivity index is 2.09. The van der Waals surface area contributed by atoms with E-state index in [0.29, 0.717) is 11.4 Å². The van der Waals surface area contributed by atoms with Crippen LogP contribution in [0.25, 0.3) is 0 Å². The molecule has 1 saturated heterocycles. The highest BCUT2D eigenvalue weighted by Crippen LogP contribution is 2.25. The van der Waals surface area contributed by atoms with Gasteiger partial charge in [0.05, 0.1) is 18.8 Å². The molecule has 1 unspecified atom stereocenters. The van der Waals surface area contributed by atoms with Crippen LogP contribution in [0.4, 0.5) is 5.69 Å². The Bertz CT molecular complexity index is 488. The summed E-state index contributed by atoms with van der Waals surface area (Å²) in [7, 11) is 5.23. The van der Waals surface area contributed by atoms with Gasteiger partial charge in [0.25, 0.3) is 0 Å². The zero-order chi connectivity index (χ0) is 14.7. The van der Waals surface area contributed by atoms with Gasteiger partial charge in [0.15, 0.2) is 0 Å². The van der Waals surface area contributed by atoms with Gasteiger partial charge in [-0.05, 0) is 37.1 Å². The molecule has 1 aliphatic rings. The second kappa shape index (κ2) is 6.13. The van der Waals surface area contributed by atoms with Crippen LogP contribution < -0.4 is 10.5 Å². The third-order valence-electron chi connectivity index (χ3n) is 3.77. The van der Waals surface area contributed by atoms with Crippen molar-refractivity contribution >= 4 is 11.6 Å². The summed E-state index contributed by atoms with van der Waals surface area (Å²) in [5, 5.41) is 0. The number of hydrogen-bond donors (Lipinski definition) is 1. The Morgan fingerprint density at radius 3 is 2.85 bits per heavy atom. The van der Waals surface area contributed by atoms with Gasteiger partial charge >= 0.3 is 0 Å². The van der Waals surface area contributed by atoms with Crippen LogP contribution in [0.3, 0.4) is 0 Å². The van der Waals surface area contributed by atoms with E-state index in [2.05, 4.69) is 4.90 Å². The van der Waals surface area contributed by atoms with Crippen LogP contribution in [0.15, 0.2) is 18.2 Å². The van der Waals surface area contributed by atoms with Gasteiger partial charge in [-0.15, -0.1) is 0 Å². The highest BCUT2D eigenvalue weighted by molar-refractivity contribution is 5.81. The first-order chi connectivity index (χ1) is 9.52. The Morgan fingerprint density at radius 2 is 2.25 bits per heavy atom. The molecule has 2 N–H and O–H groups in total. The van der Waals surface area contributed by atoms with Gasteiger partial charge in [0.1, 0.15) is 5.75 Å². The summed E-state index contributed by atoms with van der Waals surface area (Å²) in [6.45, 7) is 1.70. The molecule has 0 saturated carbocycles. The number of hydrogen-bond acceptors (Lipinski definition) is 4. The number of anilines is 1. The molecule has 1 fully saturated rings. The first-order valence-electron chi connectivity index (χ1n) is 6.90. The lowest BCUT2D eigenvalue weighted by atomic mass is 10.1. The molecule has 0 spiro atoms. The number of benzene rings is 1. The van der Waals surface area contributed by atoms with Gasteiger partial charge in [-0.1, -0.05) is 6.07 Å². The van der Waals surface area contributed by atoms with E-state index in [4.69, 9.17) is 10.5 Å². The monoisotopic (exact) mass is 277 g/mol. The van der Waals surface area contributed by atoms with Crippen LogP contribution in [0, 0.1) is 0 Å². The zero-order valence-corrected chi connectivity index (χ0v) is 12.4. The maximum absolute atomic E-state index is 12.2. The van der Waals surface area contributed by atoms with Crippen molar-refractivity contribution in [3.63, 3.8) is 0 Å². The van der Waals surface area contributed by atoms with E-state index in [9.17, 15) is 4.79 Å². The number of carbonyl (C=O) groups excluding carboxylic acids is 1. The largest absolute Gasteiger partial charge is 0.495 e. The SMILES string of the molecule is COc1ccc(CN2CCCC2C(=O)N(C)C)cc1N. The Hall–Kier alpha value is -1.75. The zero-order valence-electron chi connectivity index (χ0n) is 12.4. The second-order valence-corrected chi connectivity index (χ2v) is 5.44. The van der Waals surface area contributed by atoms with E-state index in [1.165, 1.54) is 0 Å². The minimum absolute atomic E-state index is 0.00618. The van der Waals surface area contributed by atoms with E-state index < -0.39 is 0 Å². The molecule has 1 aliphatic heterocycles. The van der Waals surface area contributed by atoms with Gasteiger partial charge in [0.2, 0.25) is 5.91 Å². The third kappa shape index (κ3) is 3.04. The first kappa shape index (κ1) is 14.7. The number of ether oxygens (including phenoxy) is 1. The number of nitrogens with zero attached hydrogens (tertiary/aromatic N) is 2. The third-order valence-corrected chi connectivity index (χ3v) is 3.77. The van der Waals surface area contributed by atoms with Gasteiger partial charge in [0, 0.05) is 20.6 Å². The molecule has 5 nitrogen and oxygen atoms in total. The second-order valence-electron chi connectivity index (χ2n) is 5.44. The predicted molar refractivity (Wildman–Crippen MR) is 79.5 cm³/mol. The summed E-state index contributed by atoms with van der Waals surface area (Å²) in [5.74, 6) is 0.875. The predicted octanol–water partition coefficient (Wildman–Crippen LogP) is 1.33. The average molecular weight is 277 g/mol. The molecule has 0 bridgehead atoms. The lowest BCUT2D eigenvalue weighted by molar-refractivity contribution is -0.133. The van der Waals surface area contributed by atoms with Crippen molar-refractivity contribution in [3.8, 4) is 5.75 Å². The fourth-order valence-corrected chi connectivity index (χ4v) is 2.71. The quantitative estimate of drug-likeness (QED) is 0.844. The minimum atomic E-state index is -0.00618. The van der Waals surface area contributed by atoms with Gasteiger partial charge < -0.3 is 15.4 Å². The summed E-state index contributed by atoms with van der Waals surface area (Å²) < 4.78 is 5.16. The molecule has 1 atom stereocenters. The highest BCUT2D eigenvalue weighted by Gasteiger charge is 2.31. The fraction of sp³-hybridized carbons (Fsp3) is 0.533. The Labute approximate surface area is 120 Å². The lowest BCUT2D eigenvalue weighted by Crippen LogP contribution is -2.42. The van der Waals surface area contributed by atoms with E-state index in [0.717, 1.165) is 31.5 Å². The van der Waals surface area contributed by atoms with E-state index in [-0.39, 0.29) is 11.9 Å². The maximum atomic E-state index is 12.2. The standard InChI is InChI=1S/C15H23N3O2/c1-17(2)15(19)13-5-4-8-18(13)10-11-6-7-14(20-3)12(16)9-11/h6-7,9,13H,4-5,8,10,16H2,1-3H3. The summed E-state index contributed by atoms with van der Waals surface area (Å²) >= 11 is 0. The number of likely N-dealkylation sites (N-methyl/N-ethyl adjacent to an activating group) is 1. The molecule has 2 rings (SSSR count). The molecule has 1 amide bonds. The smallest absolute Gasteiger partial charge is 0.239 e. The number of nitrogen functional groups attached to an aromatic ring is 1. The lowest BCUT2D eigenvalue weighted by Gasteiger charge is -2.26. The fourth-order valence-electron chi connectivity index (χ4n) is 2.71. The topological polar surface area (TPSA) is 58.8 Å². The number of likely N-dealkylation sites (tertiary alicyclic amines) is 1. The molecule has 1 aromatic rings. The van der Waals surface area contributed by atoms with Crippen LogP contribution in [-0.2, 0) is 11.3 Å². The van der Waals surface area contributed by atoms with Gasteiger partial charge in [-0.2, -0.15) is 0 Å². The molecule has 0 radical (unpaired) electrons. The van der Waals surface area contributed by atoms with Gasteiger partial charge in [-0.25, -0.2) is 0 Å². The number of methoxy groups -OCH3 is 1. The van der Waals surface area contributed by atoms with E-state index >= 15 is 0 Å². The number of rotatable bonds is 4. The molecular weight excluding hydrogens is 254 g/mol. The summed E-state index contributed by atoms with van der Waals surface area (Å²) in [5.41, 5.74) is 7.68. The van der Waals surface area contributed by atoms with Gasteiger partial charge in [-0.3, -0.25) is 9.69 Å². The van der Waals surface area contributed by atoms with Crippen molar-refractivity contribution in [2.24, 2.45) is 0 Å². The van der Waals surface area contributed by atoms with Crippen molar-refractivity contribution in [2.75, 3.05) is 33.5 Å². The molecular formula is C15H23N3O2. The van der Waals surface area contributed by atoms with Crippen LogP contribution in [0.5, 0.6) is 5.75 Å². The van der Waals surface area contributed by atoms with E-state index in [1.807, 2.05) is 32.3 Å². The summed E-state index contributed by atoms with van der Waals surface area (Å²) in [6, 6.07) is 5.80. The molecule has 5 heteroatoms. The molecule has 1 heterocycles. The van der Waals surface area contributed by atoms with Crippen molar-refractivity contribution in [3.05, 3.63) is 23.8 Å². The molecule has 0 aliphatic carbocycles. The number of amides is 1. The average Bonchev–Trinajstić information content (AvgIpc) is 2.86. The Morgan fingerprint density at radius 1 is 1.50 bits per heavy atom. The van der Waals surface area contributed by atoms with Crippen LogP contribution in [-0.4, -0.2) is 49.5 Å². The van der Waals surface area contributed by atoms with E-state index in [1.54, 1.807) is 12.0 Å². The van der Waals surface area contributed by atoms with Crippen LogP contribution >= 0.6 is 0 Å². The summed E-state index contributed by atoms with van der Waals surface area (Å²) in [4.78, 5) is 16.1. The highest BCUT2D eigenvalue weighted by atomic mass is 16.5. The summed E-state index contributed by atoms with van der Waals surface area (Å²) in [6.07, 6.45) is 2.00. The van der Waals surface area contributed by atoms with Crippen LogP contribution in [0.2, 0.25) is 0 Å². The Kier molecular flexibility index (Phi) is 4.49. The number of nitrogens with two attached hydrogens (primary N) is 1. The molecule has 20 heavy (non-hydrogen) atoms. The normalized spacial score (nSPS) is 19.1. The van der Waals surface area contributed by atoms with Crippen LogP contribution in [0.1, 0.15) is 18.4 Å². The minimum Gasteiger partial charge on any atom is -0.495 e. The number of carbonyl (C=O) groups is 1. The maximum Gasteiger partial charge on any atom is 0.239 e. The molecule has 110 valence electrons.